The van der Waals surface area contributed by atoms with Gasteiger partial charge in [0.15, 0.2) is 0 Å². The molecule has 2 rings (SSSR count). The number of halogens is 1. The van der Waals surface area contributed by atoms with Gasteiger partial charge in [-0.1, -0.05) is 12.1 Å². The van der Waals surface area contributed by atoms with Gasteiger partial charge in [0.1, 0.15) is 5.82 Å². The van der Waals surface area contributed by atoms with Gasteiger partial charge < -0.3 is 10.6 Å². The van der Waals surface area contributed by atoms with Gasteiger partial charge in [-0.3, -0.25) is 19.7 Å². The van der Waals surface area contributed by atoms with Gasteiger partial charge in [0.25, 0.3) is 17.5 Å². The third-order valence-corrected chi connectivity index (χ3v) is 3.38. The lowest BCUT2D eigenvalue weighted by Gasteiger charge is -2.08. The maximum atomic E-state index is 13.7. The summed E-state index contributed by atoms with van der Waals surface area (Å²) in [5.41, 5.74) is 0.303. The van der Waals surface area contributed by atoms with Gasteiger partial charge in [0.05, 0.1) is 10.5 Å². The van der Waals surface area contributed by atoms with E-state index in [9.17, 15) is 24.1 Å². The maximum absolute atomic E-state index is 13.7. The van der Waals surface area contributed by atoms with Gasteiger partial charge in [0.2, 0.25) is 0 Å². The molecule has 8 heteroatoms. The second kappa shape index (κ2) is 8.00. The van der Waals surface area contributed by atoms with E-state index >= 15 is 0 Å². The van der Waals surface area contributed by atoms with E-state index in [1.165, 1.54) is 0 Å². The molecule has 2 N–H and O–H groups in total. The van der Waals surface area contributed by atoms with Crippen LogP contribution >= 0.6 is 0 Å². The van der Waals surface area contributed by atoms with Gasteiger partial charge in [-0.2, -0.15) is 0 Å². The molecule has 25 heavy (non-hydrogen) atoms. The molecule has 0 aliphatic rings. The van der Waals surface area contributed by atoms with Gasteiger partial charge in [0, 0.05) is 30.8 Å². The molecular formula is C17H16FN3O4. The van der Waals surface area contributed by atoms with Crippen molar-refractivity contribution >= 4 is 17.5 Å². The quantitative estimate of drug-likeness (QED) is 0.620. The number of rotatable bonds is 6. The number of hydrogen-bond donors (Lipinski definition) is 2. The van der Waals surface area contributed by atoms with Crippen molar-refractivity contribution in [3.8, 4) is 0 Å². The molecule has 130 valence electrons. The molecule has 2 aromatic rings. The number of non-ortho nitro benzene ring substituents is 1. The Morgan fingerprint density at radius 2 is 1.88 bits per heavy atom. The first-order chi connectivity index (χ1) is 11.9. The maximum Gasteiger partial charge on any atom is 0.270 e. The predicted octanol–water partition coefficient (Wildman–Crippen LogP) is 2.41. The van der Waals surface area contributed by atoms with E-state index in [1.54, 1.807) is 31.2 Å². The smallest absolute Gasteiger partial charge is 0.270 e. The van der Waals surface area contributed by atoms with Crippen molar-refractivity contribution in [1.29, 1.82) is 0 Å². The average molecular weight is 345 g/mol. The van der Waals surface area contributed by atoms with Crippen molar-refractivity contribution in [1.82, 2.24) is 10.6 Å². The van der Waals surface area contributed by atoms with Crippen LogP contribution in [0.1, 0.15) is 33.2 Å². The summed E-state index contributed by atoms with van der Waals surface area (Å²) in [5, 5.41) is 15.9. The van der Waals surface area contributed by atoms with Crippen LogP contribution in [0.5, 0.6) is 0 Å². The third kappa shape index (κ3) is 4.60. The fourth-order valence-electron chi connectivity index (χ4n) is 2.16. The van der Waals surface area contributed by atoms with Crippen LogP contribution in [0.15, 0.2) is 42.5 Å². The number of nitrogens with zero attached hydrogens (tertiary/aromatic N) is 1. The van der Waals surface area contributed by atoms with E-state index in [0.717, 1.165) is 18.2 Å². The molecule has 0 atom stereocenters. The van der Waals surface area contributed by atoms with Crippen LogP contribution in [-0.2, 0) is 6.54 Å². The second-order valence-corrected chi connectivity index (χ2v) is 5.16. The first kappa shape index (κ1) is 18.1. The highest BCUT2D eigenvalue weighted by molar-refractivity contribution is 5.95. The number of amides is 2. The Hall–Kier alpha value is -3.29. The number of carbonyl (C=O) groups is 2. The summed E-state index contributed by atoms with van der Waals surface area (Å²) >= 11 is 0. The molecule has 0 radical (unpaired) electrons. The molecule has 0 saturated heterocycles. The van der Waals surface area contributed by atoms with Crippen molar-refractivity contribution < 1.29 is 18.9 Å². The van der Waals surface area contributed by atoms with E-state index in [-0.39, 0.29) is 18.1 Å². The van der Waals surface area contributed by atoms with Crippen molar-refractivity contribution in [3.05, 3.63) is 75.1 Å². The summed E-state index contributed by atoms with van der Waals surface area (Å²) in [6.45, 7) is 2.34. The number of carbonyl (C=O) groups excluding carboxylic acids is 2. The van der Waals surface area contributed by atoms with Crippen molar-refractivity contribution in [2.45, 2.75) is 13.5 Å². The molecule has 0 aliphatic carbocycles. The van der Waals surface area contributed by atoms with Crippen molar-refractivity contribution in [3.63, 3.8) is 0 Å². The van der Waals surface area contributed by atoms with Crippen LogP contribution in [0, 0.1) is 15.9 Å². The lowest BCUT2D eigenvalue weighted by atomic mass is 10.1. The summed E-state index contributed by atoms with van der Waals surface area (Å²) in [4.78, 5) is 33.9. The number of nitro groups is 1. The SMILES string of the molecule is CCNC(=O)c1cccc(CNC(=O)c2cc([N+](=O)[O-])ccc2F)c1. The molecule has 2 amide bonds. The van der Waals surface area contributed by atoms with Gasteiger partial charge in [-0.15, -0.1) is 0 Å². The van der Waals surface area contributed by atoms with Crippen LogP contribution < -0.4 is 10.6 Å². The molecule has 0 heterocycles. The average Bonchev–Trinajstić information content (AvgIpc) is 2.60. The summed E-state index contributed by atoms with van der Waals surface area (Å²) in [6, 6.07) is 9.36. The normalized spacial score (nSPS) is 10.2. The molecule has 0 aliphatic heterocycles. The fraction of sp³-hybridized carbons (Fsp3) is 0.176. The molecule has 7 nitrogen and oxygen atoms in total. The minimum absolute atomic E-state index is 0.0498. The highest BCUT2D eigenvalue weighted by atomic mass is 19.1. The van der Waals surface area contributed by atoms with Crippen molar-refractivity contribution in [2.24, 2.45) is 0 Å². The summed E-state index contributed by atoms with van der Waals surface area (Å²) in [7, 11) is 0. The Labute approximate surface area is 143 Å². The molecule has 0 spiro atoms. The largest absolute Gasteiger partial charge is 0.352 e. The van der Waals surface area contributed by atoms with Gasteiger partial charge in [-0.25, -0.2) is 4.39 Å². The minimum atomic E-state index is -0.848. The molecule has 2 aromatic carbocycles. The first-order valence-electron chi connectivity index (χ1n) is 7.51. The molecule has 0 bridgehead atoms. The third-order valence-electron chi connectivity index (χ3n) is 3.38. The number of nitrogens with one attached hydrogen (secondary N) is 2. The fourth-order valence-corrected chi connectivity index (χ4v) is 2.16. The van der Waals surface area contributed by atoms with Crippen LogP contribution in [0.3, 0.4) is 0 Å². The van der Waals surface area contributed by atoms with E-state index in [1.807, 2.05) is 0 Å². The molecular weight excluding hydrogens is 329 g/mol. The Morgan fingerprint density at radius 3 is 2.56 bits per heavy atom. The predicted molar refractivity (Wildman–Crippen MR) is 88.7 cm³/mol. The standard InChI is InChI=1S/C17H16FN3O4/c1-2-19-16(22)12-5-3-4-11(8-12)10-20-17(23)14-9-13(21(24)25)6-7-15(14)18/h3-9H,2,10H2,1H3,(H,19,22)(H,20,23). The Bertz CT molecular complexity index is 823. The molecule has 0 unspecified atom stereocenters. The van der Waals surface area contributed by atoms with Crippen LogP contribution in [-0.4, -0.2) is 23.3 Å². The van der Waals surface area contributed by atoms with E-state index in [2.05, 4.69) is 10.6 Å². The summed E-state index contributed by atoms with van der Waals surface area (Å²) < 4.78 is 13.7. The first-order valence-corrected chi connectivity index (χ1v) is 7.51. The number of benzene rings is 2. The number of nitro benzene ring substituents is 1. The zero-order valence-corrected chi connectivity index (χ0v) is 13.4. The molecule has 0 saturated carbocycles. The van der Waals surface area contributed by atoms with Crippen molar-refractivity contribution in [2.75, 3.05) is 6.54 Å². The summed E-state index contributed by atoms with van der Waals surface area (Å²) in [5.74, 6) is -1.86. The zero-order valence-electron chi connectivity index (χ0n) is 13.4. The summed E-state index contributed by atoms with van der Waals surface area (Å²) in [6.07, 6.45) is 0. The highest BCUT2D eigenvalue weighted by Gasteiger charge is 2.16. The van der Waals surface area contributed by atoms with Crippen LogP contribution in [0.2, 0.25) is 0 Å². The van der Waals surface area contributed by atoms with Gasteiger partial charge in [-0.05, 0) is 30.7 Å². The van der Waals surface area contributed by atoms with Gasteiger partial charge >= 0.3 is 0 Å². The van der Waals surface area contributed by atoms with E-state index in [4.69, 9.17) is 0 Å². The lowest BCUT2D eigenvalue weighted by molar-refractivity contribution is -0.384. The Balaban J connectivity index is 2.10. The Morgan fingerprint density at radius 1 is 1.12 bits per heavy atom. The monoisotopic (exact) mass is 345 g/mol. The van der Waals surface area contributed by atoms with Crippen LogP contribution in [0.25, 0.3) is 0 Å². The van der Waals surface area contributed by atoms with Crippen LogP contribution in [0.4, 0.5) is 10.1 Å². The second-order valence-electron chi connectivity index (χ2n) is 5.16. The molecule has 0 aromatic heterocycles. The lowest BCUT2D eigenvalue weighted by Crippen LogP contribution is -2.25. The zero-order chi connectivity index (χ0) is 18.4. The topological polar surface area (TPSA) is 101 Å². The molecule has 0 fully saturated rings. The van der Waals surface area contributed by atoms with E-state index in [0.29, 0.717) is 17.7 Å². The highest BCUT2D eigenvalue weighted by Crippen LogP contribution is 2.17. The number of hydrogen-bond acceptors (Lipinski definition) is 4. The van der Waals surface area contributed by atoms with E-state index < -0.39 is 22.2 Å². The Kier molecular flexibility index (Phi) is 5.78. The minimum Gasteiger partial charge on any atom is -0.352 e.